The molecule has 118 valence electrons. The van der Waals surface area contributed by atoms with Gasteiger partial charge in [-0.25, -0.2) is 9.79 Å². The largest absolute Gasteiger partial charge is 0.332 e. The van der Waals surface area contributed by atoms with Gasteiger partial charge in [0.2, 0.25) is 0 Å². The van der Waals surface area contributed by atoms with E-state index in [-0.39, 0.29) is 12.4 Å². The van der Waals surface area contributed by atoms with Gasteiger partial charge >= 0.3 is 5.69 Å². The molecule has 0 atom stereocenters. The van der Waals surface area contributed by atoms with Gasteiger partial charge in [-0.3, -0.25) is 19.2 Å². The molecule has 1 aromatic heterocycles. The van der Waals surface area contributed by atoms with Gasteiger partial charge < -0.3 is 0 Å². The van der Waals surface area contributed by atoms with Gasteiger partial charge in [0.05, 0.1) is 6.54 Å². The van der Waals surface area contributed by atoms with Crippen molar-refractivity contribution in [2.45, 2.75) is 6.54 Å². The Bertz CT molecular complexity index is 877. The molecule has 1 aromatic carbocycles. The summed E-state index contributed by atoms with van der Waals surface area (Å²) in [5.41, 5.74) is -0.00312. The number of thioether (sulfide) groups is 1. The molecule has 0 unspecified atom stereocenters. The molecule has 1 heterocycles. The molecule has 0 spiro atoms. The van der Waals surface area contributed by atoms with Crippen molar-refractivity contribution < 1.29 is 0 Å². The molecule has 0 fully saturated rings. The zero-order chi connectivity index (χ0) is 16.8. The molecule has 0 radical (unpaired) electrons. The first-order valence-corrected chi connectivity index (χ1v) is 7.92. The van der Waals surface area contributed by atoms with Crippen LogP contribution >= 0.6 is 11.8 Å². The zero-order valence-electron chi connectivity index (χ0n) is 12.7. The fourth-order valence-electron chi connectivity index (χ4n) is 1.94. The van der Waals surface area contributed by atoms with E-state index in [2.05, 4.69) is 10.3 Å². The summed E-state index contributed by atoms with van der Waals surface area (Å²) in [7, 11) is 1.42. The van der Waals surface area contributed by atoms with Crippen LogP contribution in [0.4, 0.5) is 5.82 Å². The van der Waals surface area contributed by atoms with Gasteiger partial charge in [0.15, 0.2) is 11.4 Å². The number of hydrogen-bond donors (Lipinski definition) is 1. The quantitative estimate of drug-likeness (QED) is 0.393. The van der Waals surface area contributed by atoms with Gasteiger partial charge in [0, 0.05) is 13.1 Å². The lowest BCUT2D eigenvalue weighted by Crippen LogP contribution is -2.37. The summed E-state index contributed by atoms with van der Waals surface area (Å²) >= 11 is 1.21. The summed E-state index contributed by atoms with van der Waals surface area (Å²) in [6.07, 6.45) is 3.52. The van der Waals surface area contributed by atoms with Crippen molar-refractivity contribution >= 4 is 22.7 Å². The third-order valence-electron chi connectivity index (χ3n) is 3.13. The molecule has 0 amide bonds. The van der Waals surface area contributed by atoms with E-state index in [1.165, 1.54) is 29.4 Å². The Labute approximate surface area is 136 Å². The number of benzene rings is 1. The van der Waals surface area contributed by atoms with Crippen LogP contribution in [0.1, 0.15) is 5.56 Å². The van der Waals surface area contributed by atoms with Gasteiger partial charge in [-0.05, 0) is 11.8 Å². The van der Waals surface area contributed by atoms with Crippen molar-refractivity contribution in [2.75, 3.05) is 6.26 Å². The first-order chi connectivity index (χ1) is 11.1. The highest BCUT2D eigenvalue weighted by atomic mass is 32.2. The molecule has 0 saturated carbocycles. The third kappa shape index (κ3) is 3.90. The van der Waals surface area contributed by atoms with E-state index in [9.17, 15) is 9.59 Å². The normalized spacial score (nSPS) is 11.1. The standard InChI is InChI=1S/C15H15N5O2S/c1-19-13(21)8-12(18-14(23-2)17-10-16)20(15(19)22)9-11-6-4-3-5-7-11/h3-8H,9H2,1-2H3,(H,17,18). The average Bonchev–Trinajstić information content (AvgIpc) is 2.57. The summed E-state index contributed by atoms with van der Waals surface area (Å²) in [6, 6.07) is 10.7. The molecular weight excluding hydrogens is 314 g/mol. The number of aliphatic imine (C=N–C) groups is 1. The highest BCUT2D eigenvalue weighted by Gasteiger charge is 2.10. The van der Waals surface area contributed by atoms with E-state index in [0.717, 1.165) is 10.1 Å². The Hall–Kier alpha value is -2.79. The first kappa shape index (κ1) is 16.6. The second kappa shape index (κ2) is 7.47. The van der Waals surface area contributed by atoms with Crippen molar-refractivity contribution in [1.82, 2.24) is 14.5 Å². The average molecular weight is 329 g/mol. The highest BCUT2D eigenvalue weighted by Crippen LogP contribution is 2.12. The zero-order valence-corrected chi connectivity index (χ0v) is 13.5. The summed E-state index contributed by atoms with van der Waals surface area (Å²) in [6.45, 7) is 0.279. The van der Waals surface area contributed by atoms with Gasteiger partial charge in [0.25, 0.3) is 5.56 Å². The third-order valence-corrected chi connectivity index (χ3v) is 3.71. The fourth-order valence-corrected chi connectivity index (χ4v) is 2.27. The molecule has 0 bridgehead atoms. The molecule has 2 aromatic rings. The number of aromatic nitrogens is 2. The summed E-state index contributed by atoms with van der Waals surface area (Å²) < 4.78 is 2.42. The van der Waals surface area contributed by atoms with Crippen LogP contribution in [0.2, 0.25) is 0 Å². The van der Waals surface area contributed by atoms with E-state index in [1.807, 2.05) is 30.3 Å². The lowest BCUT2D eigenvalue weighted by Gasteiger charge is -2.11. The van der Waals surface area contributed by atoms with E-state index in [4.69, 9.17) is 5.26 Å². The Morgan fingerprint density at radius 2 is 2.04 bits per heavy atom. The fraction of sp³-hybridized carbons (Fsp3) is 0.200. The van der Waals surface area contributed by atoms with Crippen LogP contribution in [0.25, 0.3) is 0 Å². The van der Waals surface area contributed by atoms with E-state index >= 15 is 0 Å². The van der Waals surface area contributed by atoms with Gasteiger partial charge in [0.1, 0.15) is 5.82 Å². The molecule has 1 N–H and O–H groups in total. The SMILES string of the molecule is CS/C(=N\c1cc(=O)n(C)c(=O)n1Cc1ccccc1)NC#N. The summed E-state index contributed by atoms with van der Waals surface area (Å²) in [5.74, 6) is 0.203. The number of nitrogens with one attached hydrogen (secondary N) is 1. The van der Waals surface area contributed by atoms with Crippen LogP contribution in [-0.4, -0.2) is 20.6 Å². The van der Waals surface area contributed by atoms with Crippen LogP contribution in [0.15, 0.2) is 51.0 Å². The van der Waals surface area contributed by atoms with E-state index in [1.54, 1.807) is 12.4 Å². The van der Waals surface area contributed by atoms with E-state index < -0.39 is 11.2 Å². The van der Waals surface area contributed by atoms with Crippen LogP contribution in [0.3, 0.4) is 0 Å². The van der Waals surface area contributed by atoms with Gasteiger partial charge in [-0.15, -0.1) is 0 Å². The van der Waals surface area contributed by atoms with Crippen molar-refractivity contribution in [3.8, 4) is 6.19 Å². The lowest BCUT2D eigenvalue weighted by atomic mass is 10.2. The van der Waals surface area contributed by atoms with Crippen LogP contribution in [-0.2, 0) is 13.6 Å². The van der Waals surface area contributed by atoms with Crippen molar-refractivity contribution in [2.24, 2.45) is 12.0 Å². The predicted octanol–water partition coefficient (Wildman–Crippen LogP) is 1.02. The molecule has 7 nitrogen and oxygen atoms in total. The van der Waals surface area contributed by atoms with Gasteiger partial charge in [-0.1, -0.05) is 42.1 Å². The maximum atomic E-state index is 12.4. The number of nitrogens with zero attached hydrogens (tertiary/aromatic N) is 4. The van der Waals surface area contributed by atoms with Crippen LogP contribution < -0.4 is 16.6 Å². The van der Waals surface area contributed by atoms with Crippen molar-refractivity contribution in [3.05, 3.63) is 62.8 Å². The number of hydrogen-bond acceptors (Lipinski definition) is 5. The Balaban J connectivity index is 2.59. The number of rotatable bonds is 3. The van der Waals surface area contributed by atoms with Crippen molar-refractivity contribution in [3.63, 3.8) is 0 Å². The smallest absolute Gasteiger partial charge is 0.273 e. The van der Waals surface area contributed by atoms with Crippen molar-refractivity contribution in [1.29, 1.82) is 5.26 Å². The van der Waals surface area contributed by atoms with Gasteiger partial charge in [-0.2, -0.15) is 5.26 Å². The maximum absolute atomic E-state index is 12.4. The first-order valence-electron chi connectivity index (χ1n) is 6.69. The van der Waals surface area contributed by atoms with Crippen LogP contribution in [0, 0.1) is 11.5 Å². The topological polar surface area (TPSA) is 92.2 Å². The minimum Gasteiger partial charge on any atom is -0.273 e. The molecule has 0 aliphatic carbocycles. The minimum absolute atomic E-state index is 0.203. The Morgan fingerprint density at radius 1 is 1.35 bits per heavy atom. The maximum Gasteiger partial charge on any atom is 0.332 e. The van der Waals surface area contributed by atoms with Crippen LogP contribution in [0.5, 0.6) is 0 Å². The minimum atomic E-state index is -0.461. The monoisotopic (exact) mass is 329 g/mol. The Kier molecular flexibility index (Phi) is 5.38. The lowest BCUT2D eigenvalue weighted by molar-refractivity contribution is 0.649. The second-order valence-electron chi connectivity index (χ2n) is 4.61. The number of nitriles is 1. The molecule has 0 saturated heterocycles. The number of amidine groups is 1. The Morgan fingerprint density at radius 3 is 2.65 bits per heavy atom. The summed E-state index contributed by atoms with van der Waals surface area (Å²) in [4.78, 5) is 28.5. The molecule has 0 aliphatic rings. The summed E-state index contributed by atoms with van der Waals surface area (Å²) in [5, 5.41) is 11.4. The molecule has 23 heavy (non-hydrogen) atoms. The molecule has 2 rings (SSSR count). The molecule has 0 aliphatic heterocycles. The molecular formula is C15H15N5O2S. The second-order valence-corrected chi connectivity index (χ2v) is 5.41. The molecule has 8 heteroatoms. The van der Waals surface area contributed by atoms with E-state index in [0.29, 0.717) is 5.17 Å². The highest BCUT2D eigenvalue weighted by molar-refractivity contribution is 8.13. The predicted molar refractivity (Wildman–Crippen MR) is 90.8 cm³/mol.